The molecular formula is C57H102O5. The van der Waals surface area contributed by atoms with E-state index < -0.39 is 6.10 Å². The molecule has 1 unspecified atom stereocenters. The van der Waals surface area contributed by atoms with Crippen LogP contribution in [0.1, 0.15) is 265 Å². The first-order chi connectivity index (χ1) is 30.6. The van der Waals surface area contributed by atoms with Gasteiger partial charge in [-0.05, 0) is 64.2 Å². The average molecular weight is 867 g/mol. The SMILES string of the molecule is CC/C=C\C/C=C\C/C=C\C/C=C\C/C=C\CCCCCCOCC(COC(=O)CCCCCCCCCCCCCCCCCCCCC)OC(=O)CCCCCCCCC. The zero-order valence-corrected chi connectivity index (χ0v) is 41.4. The summed E-state index contributed by atoms with van der Waals surface area (Å²) in [6.07, 6.45) is 66.8. The number of allylic oxidation sites excluding steroid dienone is 10. The third-order valence-corrected chi connectivity index (χ3v) is 11.6. The van der Waals surface area contributed by atoms with Gasteiger partial charge in [-0.25, -0.2) is 0 Å². The molecule has 0 aliphatic rings. The van der Waals surface area contributed by atoms with E-state index >= 15 is 0 Å². The van der Waals surface area contributed by atoms with Crippen molar-refractivity contribution in [3.63, 3.8) is 0 Å². The number of esters is 2. The number of carbonyl (C=O) groups is 2. The molecule has 5 nitrogen and oxygen atoms in total. The van der Waals surface area contributed by atoms with Crippen LogP contribution in [0.2, 0.25) is 0 Å². The predicted molar refractivity (Wildman–Crippen MR) is 270 cm³/mol. The van der Waals surface area contributed by atoms with Gasteiger partial charge in [0.2, 0.25) is 0 Å². The molecule has 0 amide bonds. The molecule has 5 heteroatoms. The van der Waals surface area contributed by atoms with E-state index in [1.807, 2.05) is 0 Å². The van der Waals surface area contributed by atoms with Gasteiger partial charge in [0.05, 0.1) is 6.61 Å². The van der Waals surface area contributed by atoms with Crippen molar-refractivity contribution >= 4 is 11.9 Å². The van der Waals surface area contributed by atoms with E-state index in [9.17, 15) is 9.59 Å². The Morgan fingerprint density at radius 3 is 1.16 bits per heavy atom. The van der Waals surface area contributed by atoms with E-state index in [0.717, 1.165) is 77.0 Å². The van der Waals surface area contributed by atoms with Gasteiger partial charge in [-0.1, -0.05) is 248 Å². The molecule has 0 heterocycles. The summed E-state index contributed by atoms with van der Waals surface area (Å²) in [7, 11) is 0. The van der Waals surface area contributed by atoms with Crippen LogP contribution in [0, 0.1) is 0 Å². The summed E-state index contributed by atoms with van der Waals surface area (Å²) < 4.78 is 17.3. The van der Waals surface area contributed by atoms with Gasteiger partial charge in [-0.2, -0.15) is 0 Å². The molecule has 0 saturated heterocycles. The maximum Gasteiger partial charge on any atom is 0.306 e. The highest BCUT2D eigenvalue weighted by atomic mass is 16.6. The van der Waals surface area contributed by atoms with Gasteiger partial charge in [0.1, 0.15) is 6.61 Å². The highest BCUT2D eigenvalue weighted by molar-refractivity contribution is 5.70. The zero-order chi connectivity index (χ0) is 44.9. The molecule has 62 heavy (non-hydrogen) atoms. The highest BCUT2D eigenvalue weighted by Gasteiger charge is 2.17. The lowest BCUT2D eigenvalue weighted by molar-refractivity contribution is -0.163. The fourth-order valence-electron chi connectivity index (χ4n) is 7.60. The average Bonchev–Trinajstić information content (AvgIpc) is 3.27. The molecule has 360 valence electrons. The third kappa shape index (κ3) is 50.2. The maximum absolute atomic E-state index is 12.7. The van der Waals surface area contributed by atoms with Gasteiger partial charge in [-0.15, -0.1) is 0 Å². The molecule has 0 saturated carbocycles. The summed E-state index contributed by atoms with van der Waals surface area (Å²) in [5, 5.41) is 0. The standard InChI is InChI=1S/C57H102O5/c1-4-7-10-13-16-18-20-22-24-26-28-30-32-34-36-38-40-43-46-49-52-60-53-55(62-57(59)51-48-45-41-15-12-9-6-3)54-61-56(58)50-47-44-42-39-37-35-33-31-29-27-25-23-21-19-17-14-11-8-5-2/h7,10,16,18,22,24,28,30,34,36,55H,4-6,8-9,11-15,17,19-21,23,25-27,29,31-33,35,37-54H2,1-3H3/b10-7-,18-16-,24-22-,30-28-,36-34-. The van der Waals surface area contributed by atoms with Crippen molar-refractivity contribution < 1.29 is 23.8 Å². The Bertz CT molecular complexity index is 1070. The number of carbonyl (C=O) groups excluding carboxylic acids is 2. The van der Waals surface area contributed by atoms with Crippen LogP contribution < -0.4 is 0 Å². The van der Waals surface area contributed by atoms with Gasteiger partial charge >= 0.3 is 11.9 Å². The van der Waals surface area contributed by atoms with Crippen molar-refractivity contribution in [1.29, 1.82) is 0 Å². The minimum atomic E-state index is -0.545. The molecule has 0 radical (unpaired) electrons. The fourth-order valence-corrected chi connectivity index (χ4v) is 7.60. The predicted octanol–water partition coefficient (Wildman–Crippen LogP) is 18.1. The molecule has 0 aromatic carbocycles. The summed E-state index contributed by atoms with van der Waals surface area (Å²) in [6.45, 7) is 7.66. The zero-order valence-electron chi connectivity index (χ0n) is 41.4. The first kappa shape index (κ1) is 59.6. The minimum Gasteiger partial charge on any atom is -0.462 e. The van der Waals surface area contributed by atoms with Crippen molar-refractivity contribution in [2.24, 2.45) is 0 Å². The van der Waals surface area contributed by atoms with Gasteiger partial charge in [0, 0.05) is 19.4 Å². The van der Waals surface area contributed by atoms with Gasteiger partial charge in [0.15, 0.2) is 6.10 Å². The smallest absolute Gasteiger partial charge is 0.306 e. The largest absolute Gasteiger partial charge is 0.462 e. The molecule has 0 aliphatic heterocycles. The topological polar surface area (TPSA) is 61.8 Å². The van der Waals surface area contributed by atoms with Gasteiger partial charge in [-0.3, -0.25) is 9.59 Å². The monoisotopic (exact) mass is 867 g/mol. The van der Waals surface area contributed by atoms with Gasteiger partial charge < -0.3 is 14.2 Å². The molecule has 0 aromatic heterocycles. The molecule has 0 spiro atoms. The van der Waals surface area contributed by atoms with Crippen LogP contribution in [0.4, 0.5) is 0 Å². The first-order valence-corrected chi connectivity index (χ1v) is 26.8. The molecule has 1 atom stereocenters. The number of hydrogen-bond donors (Lipinski definition) is 0. The molecule has 0 bridgehead atoms. The Balaban J connectivity index is 4.12. The van der Waals surface area contributed by atoms with Crippen LogP contribution in [-0.2, 0) is 23.8 Å². The number of unbranched alkanes of at least 4 members (excludes halogenated alkanes) is 28. The normalized spacial score (nSPS) is 12.6. The molecule has 0 aliphatic carbocycles. The van der Waals surface area contributed by atoms with Crippen molar-refractivity contribution in [3.8, 4) is 0 Å². The lowest BCUT2D eigenvalue weighted by Crippen LogP contribution is -2.30. The molecule has 0 aromatic rings. The van der Waals surface area contributed by atoms with Crippen LogP contribution in [0.5, 0.6) is 0 Å². The van der Waals surface area contributed by atoms with Crippen LogP contribution in [0.25, 0.3) is 0 Å². The molecular weight excluding hydrogens is 765 g/mol. The number of ether oxygens (including phenoxy) is 3. The second kappa shape index (κ2) is 52.9. The van der Waals surface area contributed by atoms with Crippen molar-refractivity contribution in [2.45, 2.75) is 271 Å². The summed E-state index contributed by atoms with van der Waals surface area (Å²) >= 11 is 0. The summed E-state index contributed by atoms with van der Waals surface area (Å²) in [5.41, 5.74) is 0. The van der Waals surface area contributed by atoms with E-state index in [1.54, 1.807) is 0 Å². The number of hydrogen-bond acceptors (Lipinski definition) is 5. The van der Waals surface area contributed by atoms with E-state index in [-0.39, 0.29) is 25.2 Å². The summed E-state index contributed by atoms with van der Waals surface area (Å²) in [4.78, 5) is 25.3. The van der Waals surface area contributed by atoms with Crippen LogP contribution in [-0.4, -0.2) is 37.9 Å². The minimum absolute atomic E-state index is 0.0773. The lowest BCUT2D eigenvalue weighted by atomic mass is 10.0. The van der Waals surface area contributed by atoms with Crippen molar-refractivity contribution in [2.75, 3.05) is 19.8 Å². The maximum atomic E-state index is 12.7. The van der Waals surface area contributed by atoms with Crippen molar-refractivity contribution in [1.82, 2.24) is 0 Å². The Morgan fingerprint density at radius 1 is 0.371 bits per heavy atom. The van der Waals surface area contributed by atoms with E-state index in [4.69, 9.17) is 14.2 Å². The van der Waals surface area contributed by atoms with E-state index in [1.165, 1.54) is 154 Å². The third-order valence-electron chi connectivity index (χ3n) is 11.6. The van der Waals surface area contributed by atoms with Gasteiger partial charge in [0.25, 0.3) is 0 Å². The van der Waals surface area contributed by atoms with Crippen LogP contribution >= 0.6 is 0 Å². The molecule has 0 fully saturated rings. The molecule has 0 rings (SSSR count). The Kier molecular flexibility index (Phi) is 50.9. The Morgan fingerprint density at radius 2 is 0.726 bits per heavy atom. The van der Waals surface area contributed by atoms with E-state index in [2.05, 4.69) is 81.5 Å². The fraction of sp³-hybridized carbons (Fsp3) is 0.789. The second-order valence-corrected chi connectivity index (χ2v) is 17.8. The van der Waals surface area contributed by atoms with Crippen LogP contribution in [0.3, 0.4) is 0 Å². The first-order valence-electron chi connectivity index (χ1n) is 26.8. The lowest BCUT2D eigenvalue weighted by Gasteiger charge is -2.18. The quantitative estimate of drug-likeness (QED) is 0.0346. The highest BCUT2D eigenvalue weighted by Crippen LogP contribution is 2.16. The Labute approximate surface area is 385 Å². The summed E-state index contributed by atoms with van der Waals surface area (Å²) in [6, 6.07) is 0. The van der Waals surface area contributed by atoms with E-state index in [0.29, 0.717) is 19.4 Å². The van der Waals surface area contributed by atoms with Crippen LogP contribution in [0.15, 0.2) is 60.8 Å². The van der Waals surface area contributed by atoms with Crippen molar-refractivity contribution in [3.05, 3.63) is 60.8 Å². The number of rotatable bonds is 49. The second-order valence-electron chi connectivity index (χ2n) is 17.8. The molecule has 0 N–H and O–H groups in total. The Hall–Kier alpha value is -2.40. The summed E-state index contributed by atoms with van der Waals surface area (Å²) in [5.74, 6) is -0.408.